The second-order valence-corrected chi connectivity index (χ2v) is 3.76. The third-order valence-electron chi connectivity index (χ3n) is 2.56. The van der Waals surface area contributed by atoms with Gasteiger partial charge in [0, 0.05) is 5.39 Å². The summed E-state index contributed by atoms with van der Waals surface area (Å²) in [5.41, 5.74) is 1.27. The maximum atomic E-state index is 9.08. The standard InChI is InChI=1S/C12H12N4O2/c13-5-11-12(14-8(6-17)7-18)9-3-1-2-4-10(9)15-16-11/h1-4,8,17-18H,6-7H2,(H,14,15). The Balaban J connectivity index is 2.55. The molecule has 3 N–H and O–H groups in total. The van der Waals surface area contributed by atoms with E-state index < -0.39 is 6.04 Å². The number of nitrogens with zero attached hydrogens (tertiary/aromatic N) is 3. The second-order valence-electron chi connectivity index (χ2n) is 3.76. The van der Waals surface area contributed by atoms with Crippen LogP contribution in [0, 0.1) is 11.3 Å². The lowest BCUT2D eigenvalue weighted by atomic mass is 10.1. The molecule has 6 heteroatoms. The molecule has 0 aliphatic rings. The first-order chi connectivity index (χ1) is 8.80. The van der Waals surface area contributed by atoms with Gasteiger partial charge in [-0.3, -0.25) is 0 Å². The summed E-state index contributed by atoms with van der Waals surface area (Å²) in [6.45, 7) is -0.476. The molecule has 1 heterocycles. The van der Waals surface area contributed by atoms with E-state index in [0.29, 0.717) is 11.2 Å². The molecule has 0 amide bonds. The van der Waals surface area contributed by atoms with Crippen molar-refractivity contribution in [1.82, 2.24) is 10.2 Å². The van der Waals surface area contributed by atoms with Gasteiger partial charge in [-0.2, -0.15) is 5.26 Å². The maximum absolute atomic E-state index is 9.08. The van der Waals surface area contributed by atoms with Crippen molar-refractivity contribution in [3.63, 3.8) is 0 Å². The lowest BCUT2D eigenvalue weighted by Gasteiger charge is -2.16. The van der Waals surface area contributed by atoms with Gasteiger partial charge in [0.2, 0.25) is 0 Å². The van der Waals surface area contributed by atoms with Crippen molar-refractivity contribution in [2.24, 2.45) is 0 Å². The number of nitriles is 1. The summed E-state index contributed by atoms with van der Waals surface area (Å²) in [6, 6.07) is 8.63. The normalized spacial score (nSPS) is 10.6. The van der Waals surface area contributed by atoms with Gasteiger partial charge in [-0.15, -0.1) is 10.2 Å². The lowest BCUT2D eigenvalue weighted by molar-refractivity contribution is 0.204. The van der Waals surface area contributed by atoms with E-state index in [1.54, 1.807) is 12.1 Å². The van der Waals surface area contributed by atoms with E-state index in [4.69, 9.17) is 15.5 Å². The SMILES string of the molecule is N#Cc1nnc2ccccc2c1NC(CO)CO. The summed E-state index contributed by atoms with van der Waals surface area (Å²) in [5, 5.41) is 38.6. The van der Waals surface area contributed by atoms with E-state index >= 15 is 0 Å². The van der Waals surface area contributed by atoms with Gasteiger partial charge in [0.1, 0.15) is 6.07 Å². The molecule has 18 heavy (non-hydrogen) atoms. The van der Waals surface area contributed by atoms with Crippen molar-refractivity contribution in [3.8, 4) is 6.07 Å². The number of hydrogen-bond donors (Lipinski definition) is 3. The number of aromatic nitrogens is 2. The van der Waals surface area contributed by atoms with Crippen LogP contribution < -0.4 is 5.32 Å². The molecule has 0 saturated carbocycles. The molecule has 2 aromatic rings. The zero-order valence-corrected chi connectivity index (χ0v) is 9.54. The largest absolute Gasteiger partial charge is 0.394 e. The van der Waals surface area contributed by atoms with Crippen molar-refractivity contribution in [2.75, 3.05) is 18.5 Å². The predicted molar refractivity (Wildman–Crippen MR) is 65.8 cm³/mol. The number of rotatable bonds is 4. The lowest BCUT2D eigenvalue weighted by Crippen LogP contribution is -2.28. The first-order valence-electron chi connectivity index (χ1n) is 5.44. The Labute approximate surface area is 104 Å². The Morgan fingerprint density at radius 3 is 2.61 bits per heavy atom. The quantitative estimate of drug-likeness (QED) is 0.713. The highest BCUT2D eigenvalue weighted by Crippen LogP contribution is 2.24. The first kappa shape index (κ1) is 12.2. The Morgan fingerprint density at radius 2 is 1.94 bits per heavy atom. The van der Waals surface area contributed by atoms with E-state index in [2.05, 4.69) is 15.5 Å². The molecule has 1 aromatic heterocycles. The van der Waals surface area contributed by atoms with Crippen LogP contribution >= 0.6 is 0 Å². The van der Waals surface area contributed by atoms with Gasteiger partial charge >= 0.3 is 0 Å². The third-order valence-corrected chi connectivity index (χ3v) is 2.56. The van der Waals surface area contributed by atoms with E-state index in [0.717, 1.165) is 5.39 Å². The molecule has 0 bridgehead atoms. The topological polar surface area (TPSA) is 102 Å². The van der Waals surface area contributed by atoms with E-state index in [-0.39, 0.29) is 18.9 Å². The average molecular weight is 244 g/mol. The van der Waals surface area contributed by atoms with E-state index in [9.17, 15) is 0 Å². The molecule has 0 fully saturated rings. The number of aliphatic hydroxyl groups excluding tert-OH is 2. The molecule has 0 aliphatic heterocycles. The van der Waals surface area contributed by atoms with Crippen LogP contribution in [0.15, 0.2) is 24.3 Å². The molecule has 6 nitrogen and oxygen atoms in total. The molecular formula is C12H12N4O2. The molecule has 1 aromatic carbocycles. The van der Waals surface area contributed by atoms with Gasteiger partial charge in [-0.05, 0) is 6.07 Å². The zero-order valence-electron chi connectivity index (χ0n) is 9.54. The Bertz CT molecular complexity index is 590. The molecule has 0 aliphatic carbocycles. The summed E-state index contributed by atoms with van der Waals surface area (Å²) < 4.78 is 0. The Kier molecular flexibility index (Phi) is 3.67. The fourth-order valence-corrected chi connectivity index (χ4v) is 1.63. The molecule has 0 atom stereocenters. The number of fused-ring (bicyclic) bond motifs is 1. The van der Waals surface area contributed by atoms with E-state index in [1.165, 1.54) is 0 Å². The molecule has 0 saturated heterocycles. The number of anilines is 1. The van der Waals surface area contributed by atoms with Crippen LogP contribution in [0.1, 0.15) is 5.69 Å². The molecule has 92 valence electrons. The molecular weight excluding hydrogens is 232 g/mol. The van der Waals surface area contributed by atoms with Gasteiger partial charge < -0.3 is 15.5 Å². The fourth-order valence-electron chi connectivity index (χ4n) is 1.63. The van der Waals surface area contributed by atoms with Crippen LogP contribution in [-0.4, -0.2) is 39.7 Å². The number of hydrogen-bond acceptors (Lipinski definition) is 6. The van der Waals surface area contributed by atoms with Crippen LogP contribution in [0.2, 0.25) is 0 Å². The third kappa shape index (κ3) is 2.22. The Hall–Kier alpha value is -2.23. The molecule has 2 rings (SSSR count). The highest BCUT2D eigenvalue weighted by Gasteiger charge is 2.14. The van der Waals surface area contributed by atoms with Crippen LogP contribution in [0.5, 0.6) is 0 Å². The number of aliphatic hydroxyl groups is 2. The molecule has 0 radical (unpaired) electrons. The summed E-state index contributed by atoms with van der Waals surface area (Å²) in [5.74, 6) is 0. The minimum absolute atomic E-state index is 0.139. The summed E-state index contributed by atoms with van der Waals surface area (Å²) in [4.78, 5) is 0. The average Bonchev–Trinajstić information content (AvgIpc) is 2.44. The molecule has 0 spiro atoms. The highest BCUT2D eigenvalue weighted by atomic mass is 16.3. The van der Waals surface area contributed by atoms with E-state index in [1.807, 2.05) is 18.2 Å². The van der Waals surface area contributed by atoms with Crippen LogP contribution in [0.4, 0.5) is 5.69 Å². The van der Waals surface area contributed by atoms with Gasteiger partial charge in [-0.25, -0.2) is 0 Å². The highest BCUT2D eigenvalue weighted by molar-refractivity contribution is 5.92. The summed E-state index contributed by atoms with van der Waals surface area (Å²) in [7, 11) is 0. The van der Waals surface area contributed by atoms with Crippen LogP contribution in [0.3, 0.4) is 0 Å². The van der Waals surface area contributed by atoms with Gasteiger partial charge in [0.25, 0.3) is 0 Å². The fraction of sp³-hybridized carbons (Fsp3) is 0.250. The summed E-state index contributed by atoms with van der Waals surface area (Å²) in [6.07, 6.45) is 0. The van der Waals surface area contributed by atoms with Crippen molar-refractivity contribution in [3.05, 3.63) is 30.0 Å². The maximum Gasteiger partial charge on any atom is 0.186 e. The van der Waals surface area contributed by atoms with Gasteiger partial charge in [0.05, 0.1) is 30.5 Å². The Morgan fingerprint density at radius 1 is 1.22 bits per heavy atom. The monoisotopic (exact) mass is 244 g/mol. The van der Waals surface area contributed by atoms with Crippen molar-refractivity contribution >= 4 is 16.6 Å². The van der Waals surface area contributed by atoms with Gasteiger partial charge in [0.15, 0.2) is 5.69 Å². The van der Waals surface area contributed by atoms with Crippen LogP contribution in [-0.2, 0) is 0 Å². The van der Waals surface area contributed by atoms with Crippen LogP contribution in [0.25, 0.3) is 10.9 Å². The number of benzene rings is 1. The minimum Gasteiger partial charge on any atom is -0.394 e. The minimum atomic E-state index is -0.537. The zero-order chi connectivity index (χ0) is 13.0. The van der Waals surface area contributed by atoms with Crippen molar-refractivity contribution in [1.29, 1.82) is 5.26 Å². The predicted octanol–water partition coefficient (Wildman–Crippen LogP) is 0.267. The summed E-state index contributed by atoms with van der Waals surface area (Å²) >= 11 is 0. The number of nitrogens with one attached hydrogen (secondary N) is 1. The smallest absolute Gasteiger partial charge is 0.186 e. The molecule has 0 unspecified atom stereocenters. The van der Waals surface area contributed by atoms with Crippen molar-refractivity contribution < 1.29 is 10.2 Å². The first-order valence-corrected chi connectivity index (χ1v) is 5.44. The van der Waals surface area contributed by atoms with Crippen molar-refractivity contribution in [2.45, 2.75) is 6.04 Å². The second kappa shape index (κ2) is 5.40. The van der Waals surface area contributed by atoms with Gasteiger partial charge in [-0.1, -0.05) is 18.2 Å².